The molecule has 1 amide bonds. The maximum atomic E-state index is 12.5. The van der Waals surface area contributed by atoms with Crippen LogP contribution in [0, 0.1) is 0 Å². The summed E-state index contributed by atoms with van der Waals surface area (Å²) in [4.78, 5) is 21.0. The lowest BCUT2D eigenvalue weighted by atomic mass is 10.1. The monoisotopic (exact) mass is 380 g/mol. The number of piperazine rings is 1. The second kappa shape index (κ2) is 11.0. The van der Waals surface area contributed by atoms with Gasteiger partial charge in [0.1, 0.15) is 0 Å². The number of nitrogens with zero attached hydrogens (tertiary/aromatic N) is 3. The van der Waals surface area contributed by atoms with E-state index in [4.69, 9.17) is 16.3 Å². The van der Waals surface area contributed by atoms with Crippen LogP contribution in [0.3, 0.4) is 0 Å². The first kappa shape index (κ1) is 20.5. The summed E-state index contributed by atoms with van der Waals surface area (Å²) in [5.74, 6) is 1.04. The van der Waals surface area contributed by atoms with Crippen molar-refractivity contribution in [3.05, 3.63) is 34.9 Å². The summed E-state index contributed by atoms with van der Waals surface area (Å²) >= 11 is 5.99. The standard InChI is InChI=1S/C19H29ClN4O2/c1-3-26-13-5-8-22-19(21-2)24-11-9-23(10-12-24)18(25)15-16-6-4-7-17(20)14-16/h4,6-7,14H,3,5,8-13,15H2,1-2H3,(H,21,22). The van der Waals surface area contributed by atoms with Crippen LogP contribution in [0.1, 0.15) is 18.9 Å². The van der Waals surface area contributed by atoms with Crippen molar-refractivity contribution >= 4 is 23.5 Å². The number of hydrogen-bond donors (Lipinski definition) is 1. The number of guanidine groups is 1. The topological polar surface area (TPSA) is 57.2 Å². The predicted molar refractivity (Wildman–Crippen MR) is 106 cm³/mol. The molecule has 6 nitrogen and oxygen atoms in total. The zero-order chi connectivity index (χ0) is 18.8. The third-order valence-electron chi connectivity index (χ3n) is 4.34. The zero-order valence-corrected chi connectivity index (χ0v) is 16.5. The van der Waals surface area contributed by atoms with Crippen molar-refractivity contribution < 1.29 is 9.53 Å². The highest BCUT2D eigenvalue weighted by Crippen LogP contribution is 2.13. The van der Waals surface area contributed by atoms with E-state index in [0.717, 1.165) is 50.8 Å². The summed E-state index contributed by atoms with van der Waals surface area (Å²) in [6.45, 7) is 7.32. The molecule has 1 aliphatic heterocycles. The number of ether oxygens (including phenoxy) is 1. The van der Waals surface area contributed by atoms with Gasteiger partial charge in [-0.15, -0.1) is 0 Å². The number of hydrogen-bond acceptors (Lipinski definition) is 3. The van der Waals surface area contributed by atoms with Crippen LogP contribution >= 0.6 is 11.6 Å². The van der Waals surface area contributed by atoms with Crippen LogP contribution in [0.2, 0.25) is 5.02 Å². The molecule has 0 aliphatic carbocycles. The van der Waals surface area contributed by atoms with E-state index >= 15 is 0 Å². The van der Waals surface area contributed by atoms with Crippen molar-refractivity contribution in [2.45, 2.75) is 19.8 Å². The van der Waals surface area contributed by atoms with Crippen LogP contribution < -0.4 is 5.32 Å². The number of halogens is 1. The summed E-state index contributed by atoms with van der Waals surface area (Å²) in [6, 6.07) is 7.49. The Labute approximate surface area is 161 Å². The molecule has 26 heavy (non-hydrogen) atoms. The van der Waals surface area contributed by atoms with Gasteiger partial charge in [-0.1, -0.05) is 23.7 Å². The number of aliphatic imine (C=N–C) groups is 1. The molecule has 2 rings (SSSR count). The Morgan fingerprint density at radius 1 is 1.27 bits per heavy atom. The minimum absolute atomic E-state index is 0.145. The van der Waals surface area contributed by atoms with Gasteiger partial charge in [-0.2, -0.15) is 0 Å². The fraction of sp³-hybridized carbons (Fsp3) is 0.579. The third kappa shape index (κ3) is 6.50. The van der Waals surface area contributed by atoms with E-state index in [2.05, 4.69) is 15.2 Å². The first-order valence-corrected chi connectivity index (χ1v) is 9.57. The first-order valence-electron chi connectivity index (χ1n) is 9.19. The van der Waals surface area contributed by atoms with E-state index in [1.54, 1.807) is 7.05 Å². The first-order chi connectivity index (χ1) is 12.6. The molecule has 0 spiro atoms. The number of amides is 1. The average Bonchev–Trinajstić information content (AvgIpc) is 2.65. The Hall–Kier alpha value is -1.79. The molecule has 0 saturated carbocycles. The van der Waals surface area contributed by atoms with Crippen molar-refractivity contribution in [1.82, 2.24) is 15.1 Å². The van der Waals surface area contributed by atoms with E-state index in [1.807, 2.05) is 36.1 Å². The highest BCUT2D eigenvalue weighted by molar-refractivity contribution is 6.30. The predicted octanol–water partition coefficient (Wildman–Crippen LogP) is 2.03. The van der Waals surface area contributed by atoms with Gasteiger partial charge in [-0.3, -0.25) is 9.79 Å². The number of nitrogens with one attached hydrogen (secondary N) is 1. The molecule has 1 aliphatic rings. The smallest absolute Gasteiger partial charge is 0.227 e. The molecule has 144 valence electrons. The SMILES string of the molecule is CCOCCCNC(=NC)N1CCN(C(=O)Cc2cccc(Cl)c2)CC1. The summed E-state index contributed by atoms with van der Waals surface area (Å²) in [6.07, 6.45) is 1.34. The van der Waals surface area contributed by atoms with Gasteiger partial charge < -0.3 is 19.9 Å². The quantitative estimate of drug-likeness (QED) is 0.446. The van der Waals surface area contributed by atoms with Crippen LogP contribution in [0.5, 0.6) is 0 Å². The zero-order valence-electron chi connectivity index (χ0n) is 15.7. The Kier molecular flexibility index (Phi) is 8.71. The van der Waals surface area contributed by atoms with Crippen molar-refractivity contribution in [1.29, 1.82) is 0 Å². The van der Waals surface area contributed by atoms with Gasteiger partial charge in [0.2, 0.25) is 5.91 Å². The summed E-state index contributed by atoms with van der Waals surface area (Å²) in [5.41, 5.74) is 0.955. The molecule has 1 fully saturated rings. The van der Waals surface area contributed by atoms with Crippen LogP contribution in [0.15, 0.2) is 29.3 Å². The Bertz CT molecular complexity index is 601. The van der Waals surface area contributed by atoms with Crippen molar-refractivity contribution in [3.63, 3.8) is 0 Å². The second-order valence-corrected chi connectivity index (χ2v) is 6.64. The summed E-state index contributed by atoms with van der Waals surface area (Å²) in [5, 5.41) is 4.03. The maximum absolute atomic E-state index is 12.5. The highest BCUT2D eigenvalue weighted by atomic mass is 35.5. The molecular weight excluding hydrogens is 352 g/mol. The lowest BCUT2D eigenvalue weighted by Crippen LogP contribution is -2.54. The minimum atomic E-state index is 0.145. The second-order valence-electron chi connectivity index (χ2n) is 6.20. The van der Waals surface area contributed by atoms with Crippen molar-refractivity contribution in [2.75, 3.05) is 53.0 Å². The van der Waals surface area contributed by atoms with Gasteiger partial charge in [-0.05, 0) is 31.0 Å². The van der Waals surface area contributed by atoms with Crippen LogP contribution in [0.25, 0.3) is 0 Å². The van der Waals surface area contributed by atoms with Gasteiger partial charge in [0, 0.05) is 58.0 Å². The number of benzene rings is 1. The van der Waals surface area contributed by atoms with E-state index < -0.39 is 0 Å². The Balaban J connectivity index is 1.75. The fourth-order valence-electron chi connectivity index (χ4n) is 2.95. The lowest BCUT2D eigenvalue weighted by molar-refractivity contribution is -0.131. The number of carbonyl (C=O) groups excluding carboxylic acids is 1. The minimum Gasteiger partial charge on any atom is -0.382 e. The Morgan fingerprint density at radius 2 is 2.00 bits per heavy atom. The van der Waals surface area contributed by atoms with Gasteiger partial charge >= 0.3 is 0 Å². The maximum Gasteiger partial charge on any atom is 0.227 e. The molecular formula is C19H29ClN4O2. The molecule has 0 aromatic heterocycles. The average molecular weight is 381 g/mol. The molecule has 0 atom stereocenters. The highest BCUT2D eigenvalue weighted by Gasteiger charge is 2.22. The molecule has 0 unspecified atom stereocenters. The van der Waals surface area contributed by atoms with E-state index in [9.17, 15) is 4.79 Å². The normalized spacial score (nSPS) is 15.3. The lowest BCUT2D eigenvalue weighted by Gasteiger charge is -2.36. The Morgan fingerprint density at radius 3 is 2.65 bits per heavy atom. The van der Waals surface area contributed by atoms with Crippen LogP contribution in [0.4, 0.5) is 0 Å². The number of rotatable bonds is 7. The molecule has 7 heteroatoms. The van der Waals surface area contributed by atoms with Gasteiger partial charge in [0.25, 0.3) is 0 Å². The van der Waals surface area contributed by atoms with Gasteiger partial charge in [-0.25, -0.2) is 0 Å². The van der Waals surface area contributed by atoms with Gasteiger partial charge in [0.15, 0.2) is 5.96 Å². The molecule has 0 radical (unpaired) electrons. The van der Waals surface area contributed by atoms with Gasteiger partial charge in [0.05, 0.1) is 6.42 Å². The number of carbonyl (C=O) groups is 1. The van der Waals surface area contributed by atoms with E-state index in [0.29, 0.717) is 24.5 Å². The molecule has 1 aromatic rings. The van der Waals surface area contributed by atoms with Crippen molar-refractivity contribution in [2.24, 2.45) is 4.99 Å². The van der Waals surface area contributed by atoms with Crippen molar-refractivity contribution in [3.8, 4) is 0 Å². The summed E-state index contributed by atoms with van der Waals surface area (Å²) in [7, 11) is 1.79. The van der Waals surface area contributed by atoms with Crippen LogP contribution in [-0.4, -0.2) is 74.7 Å². The molecule has 1 saturated heterocycles. The molecule has 1 N–H and O–H groups in total. The molecule has 1 aromatic carbocycles. The third-order valence-corrected chi connectivity index (χ3v) is 4.58. The fourth-order valence-corrected chi connectivity index (χ4v) is 3.16. The molecule has 1 heterocycles. The molecule has 0 bridgehead atoms. The van der Waals surface area contributed by atoms with E-state index in [1.165, 1.54) is 0 Å². The van der Waals surface area contributed by atoms with E-state index in [-0.39, 0.29) is 5.91 Å². The van der Waals surface area contributed by atoms with Crippen LogP contribution in [-0.2, 0) is 16.0 Å². The largest absolute Gasteiger partial charge is 0.382 e. The summed E-state index contributed by atoms with van der Waals surface area (Å²) < 4.78 is 5.35.